The Hall–Kier alpha value is -2.24. The molecule has 1 heterocycles. The third-order valence-electron chi connectivity index (χ3n) is 4.07. The van der Waals surface area contributed by atoms with Crippen molar-refractivity contribution in [2.45, 2.75) is 26.4 Å². The molecule has 156 valence electrons. The van der Waals surface area contributed by atoms with Crippen molar-refractivity contribution in [3.63, 3.8) is 0 Å². The first-order valence-corrected chi connectivity index (χ1v) is 8.76. The molecule has 0 unspecified atom stereocenters. The number of methoxy groups -OCH3 is 3. The molecule has 0 spiro atoms. The van der Waals surface area contributed by atoms with E-state index >= 15 is 0 Å². The summed E-state index contributed by atoms with van der Waals surface area (Å²) in [6.45, 7) is 4.09. The molecule has 0 radical (unpaired) electrons. The molecule has 0 atom stereocenters. The van der Waals surface area contributed by atoms with Gasteiger partial charge in [0.25, 0.3) is 0 Å². The van der Waals surface area contributed by atoms with Gasteiger partial charge in [-0.2, -0.15) is 0 Å². The summed E-state index contributed by atoms with van der Waals surface area (Å²) in [6.07, 6.45) is 2.60. The number of rotatable bonds is 9. The van der Waals surface area contributed by atoms with Crippen molar-refractivity contribution < 1.29 is 14.2 Å². The predicted octanol–water partition coefficient (Wildman–Crippen LogP) is 1.85. The summed E-state index contributed by atoms with van der Waals surface area (Å²) in [6, 6.07) is 3.82. The second-order valence-electron chi connectivity index (χ2n) is 5.68. The van der Waals surface area contributed by atoms with E-state index in [1.807, 2.05) is 16.7 Å². The van der Waals surface area contributed by atoms with Crippen LogP contribution in [0.25, 0.3) is 0 Å². The van der Waals surface area contributed by atoms with Crippen LogP contribution in [-0.2, 0) is 19.5 Å². The lowest BCUT2D eigenvalue weighted by Crippen LogP contribution is -2.38. The molecular formula is C18H29IN6O3. The number of aryl methyl sites for hydroxylation is 1. The zero-order valence-corrected chi connectivity index (χ0v) is 19.3. The average molecular weight is 504 g/mol. The number of nitrogens with one attached hydrogen (secondary N) is 2. The van der Waals surface area contributed by atoms with Crippen LogP contribution in [0.15, 0.2) is 23.5 Å². The Morgan fingerprint density at radius 2 is 1.79 bits per heavy atom. The van der Waals surface area contributed by atoms with Gasteiger partial charge in [-0.1, -0.05) is 6.92 Å². The number of guanidine groups is 1. The molecule has 2 rings (SSSR count). The Morgan fingerprint density at radius 1 is 1.11 bits per heavy atom. The van der Waals surface area contributed by atoms with Gasteiger partial charge >= 0.3 is 0 Å². The molecule has 0 bridgehead atoms. The molecule has 2 N–H and O–H groups in total. The van der Waals surface area contributed by atoms with Gasteiger partial charge in [-0.25, -0.2) is 0 Å². The van der Waals surface area contributed by atoms with Gasteiger partial charge in [-0.15, -0.1) is 34.2 Å². The molecule has 0 fully saturated rings. The third-order valence-corrected chi connectivity index (χ3v) is 4.07. The van der Waals surface area contributed by atoms with Crippen LogP contribution in [0.2, 0.25) is 0 Å². The monoisotopic (exact) mass is 504 g/mol. The summed E-state index contributed by atoms with van der Waals surface area (Å²) in [7, 11) is 6.53. The number of aromatic nitrogens is 3. The molecular weight excluding hydrogens is 475 g/mol. The SMILES string of the molecule is CCc1nncn1CCNC(=NC)NCc1cc(OC)c(OC)c(OC)c1.I. The van der Waals surface area contributed by atoms with Crippen molar-refractivity contribution in [1.82, 2.24) is 25.4 Å². The summed E-state index contributed by atoms with van der Waals surface area (Å²) < 4.78 is 18.2. The van der Waals surface area contributed by atoms with Gasteiger partial charge in [0.2, 0.25) is 5.75 Å². The van der Waals surface area contributed by atoms with Crippen molar-refractivity contribution in [2.75, 3.05) is 34.9 Å². The zero-order chi connectivity index (χ0) is 19.6. The smallest absolute Gasteiger partial charge is 0.203 e. The Morgan fingerprint density at radius 3 is 2.32 bits per heavy atom. The van der Waals surface area contributed by atoms with Crippen LogP contribution in [0.5, 0.6) is 17.2 Å². The largest absolute Gasteiger partial charge is 0.493 e. The summed E-state index contributed by atoms with van der Waals surface area (Å²) >= 11 is 0. The fourth-order valence-electron chi connectivity index (χ4n) is 2.68. The molecule has 0 aliphatic carbocycles. The molecule has 1 aromatic carbocycles. The predicted molar refractivity (Wildman–Crippen MR) is 119 cm³/mol. The van der Waals surface area contributed by atoms with Crippen molar-refractivity contribution in [1.29, 1.82) is 0 Å². The van der Waals surface area contributed by atoms with Crippen LogP contribution in [0.1, 0.15) is 18.3 Å². The standard InChI is InChI=1S/C18H28N6O3.HI/c1-6-16-23-22-12-24(16)8-7-20-18(19-2)21-11-13-9-14(25-3)17(27-5)15(10-13)26-4;/h9-10,12H,6-8,11H2,1-5H3,(H2,19,20,21);1H. The maximum absolute atomic E-state index is 5.39. The van der Waals surface area contributed by atoms with Crippen molar-refractivity contribution in [3.8, 4) is 17.2 Å². The lowest BCUT2D eigenvalue weighted by Gasteiger charge is -2.16. The minimum absolute atomic E-state index is 0. The molecule has 0 aliphatic rings. The molecule has 28 heavy (non-hydrogen) atoms. The van der Waals surface area contributed by atoms with Gasteiger partial charge in [0.05, 0.1) is 21.3 Å². The fraction of sp³-hybridized carbons (Fsp3) is 0.500. The molecule has 9 nitrogen and oxygen atoms in total. The maximum Gasteiger partial charge on any atom is 0.203 e. The van der Waals surface area contributed by atoms with Gasteiger partial charge in [-0.05, 0) is 17.7 Å². The highest BCUT2D eigenvalue weighted by Gasteiger charge is 2.13. The molecule has 1 aromatic heterocycles. The minimum atomic E-state index is 0. The van der Waals surface area contributed by atoms with E-state index in [4.69, 9.17) is 14.2 Å². The fourth-order valence-corrected chi connectivity index (χ4v) is 2.68. The van der Waals surface area contributed by atoms with Crippen LogP contribution < -0.4 is 24.8 Å². The number of ether oxygens (including phenoxy) is 3. The van der Waals surface area contributed by atoms with Crippen molar-refractivity contribution >= 4 is 29.9 Å². The summed E-state index contributed by atoms with van der Waals surface area (Å²) in [5, 5.41) is 14.6. The van der Waals surface area contributed by atoms with Crippen molar-refractivity contribution in [2.24, 2.45) is 4.99 Å². The van der Waals surface area contributed by atoms with Crippen LogP contribution in [-0.4, -0.2) is 55.6 Å². The highest BCUT2D eigenvalue weighted by Crippen LogP contribution is 2.38. The van der Waals surface area contributed by atoms with E-state index in [1.54, 1.807) is 34.7 Å². The van der Waals surface area contributed by atoms with E-state index < -0.39 is 0 Å². The molecule has 10 heteroatoms. The van der Waals surface area contributed by atoms with Crippen LogP contribution >= 0.6 is 24.0 Å². The van der Waals surface area contributed by atoms with Crippen LogP contribution in [0.3, 0.4) is 0 Å². The highest BCUT2D eigenvalue weighted by molar-refractivity contribution is 14.0. The van der Waals surface area contributed by atoms with E-state index in [0.29, 0.717) is 36.3 Å². The van der Waals surface area contributed by atoms with Gasteiger partial charge in [0, 0.05) is 33.1 Å². The number of hydrogen-bond acceptors (Lipinski definition) is 6. The second kappa shape index (κ2) is 12.3. The van der Waals surface area contributed by atoms with Gasteiger partial charge in [0.15, 0.2) is 17.5 Å². The number of nitrogens with zero attached hydrogens (tertiary/aromatic N) is 4. The first kappa shape index (κ1) is 23.8. The molecule has 2 aromatic rings. The Kier molecular flexibility index (Phi) is 10.4. The highest BCUT2D eigenvalue weighted by atomic mass is 127. The number of aliphatic imine (C=N–C) groups is 1. The second-order valence-corrected chi connectivity index (χ2v) is 5.68. The molecule has 0 aliphatic heterocycles. The summed E-state index contributed by atoms with van der Waals surface area (Å²) in [5.41, 5.74) is 0.986. The Balaban J connectivity index is 0.00000392. The first-order valence-electron chi connectivity index (χ1n) is 8.76. The first-order chi connectivity index (χ1) is 13.2. The summed E-state index contributed by atoms with van der Waals surface area (Å²) in [5.74, 6) is 3.49. The lowest BCUT2D eigenvalue weighted by molar-refractivity contribution is 0.323. The Bertz CT molecular complexity index is 741. The van der Waals surface area contributed by atoms with E-state index in [1.165, 1.54) is 0 Å². The van der Waals surface area contributed by atoms with Gasteiger partial charge < -0.3 is 29.4 Å². The third kappa shape index (κ3) is 6.14. The molecule has 0 saturated carbocycles. The topological polar surface area (TPSA) is 94.8 Å². The number of halogens is 1. The normalized spacial score (nSPS) is 10.8. The lowest BCUT2D eigenvalue weighted by atomic mass is 10.2. The molecule has 0 amide bonds. The van der Waals surface area contributed by atoms with Crippen LogP contribution in [0, 0.1) is 0 Å². The van der Waals surface area contributed by atoms with Crippen LogP contribution in [0.4, 0.5) is 0 Å². The maximum atomic E-state index is 5.39. The number of hydrogen-bond donors (Lipinski definition) is 2. The van der Waals surface area contributed by atoms with E-state index in [9.17, 15) is 0 Å². The molecule has 0 saturated heterocycles. The zero-order valence-electron chi connectivity index (χ0n) is 17.0. The van der Waals surface area contributed by atoms with Gasteiger partial charge in [0.1, 0.15) is 12.2 Å². The minimum Gasteiger partial charge on any atom is -0.493 e. The summed E-state index contributed by atoms with van der Waals surface area (Å²) in [4.78, 5) is 4.25. The van der Waals surface area contributed by atoms with E-state index in [-0.39, 0.29) is 24.0 Å². The number of benzene rings is 1. The van der Waals surface area contributed by atoms with Crippen molar-refractivity contribution in [3.05, 3.63) is 29.8 Å². The van der Waals surface area contributed by atoms with E-state index in [0.717, 1.165) is 24.4 Å². The average Bonchev–Trinajstić information content (AvgIpc) is 3.16. The Labute approximate surface area is 182 Å². The quantitative estimate of drug-likeness (QED) is 0.306. The van der Waals surface area contributed by atoms with E-state index in [2.05, 4.69) is 32.7 Å². The van der Waals surface area contributed by atoms with Gasteiger partial charge in [-0.3, -0.25) is 4.99 Å².